The number of hydrogen-bond donors (Lipinski definition) is 2. The Labute approximate surface area is 110 Å². The first-order valence-corrected chi connectivity index (χ1v) is 6.97. The molecule has 0 heterocycles. The van der Waals surface area contributed by atoms with Crippen LogP contribution in [0.3, 0.4) is 0 Å². The van der Waals surface area contributed by atoms with Crippen molar-refractivity contribution < 1.29 is 4.79 Å². The molecule has 1 aliphatic carbocycles. The summed E-state index contributed by atoms with van der Waals surface area (Å²) in [6.45, 7) is 6.49. The maximum atomic E-state index is 12.1. The van der Waals surface area contributed by atoms with Gasteiger partial charge in [-0.05, 0) is 31.1 Å². The number of nitrogens with two attached hydrogens (primary N) is 1. The van der Waals surface area contributed by atoms with Gasteiger partial charge in [-0.3, -0.25) is 4.79 Å². The quantitative estimate of drug-likeness (QED) is 0.742. The zero-order chi connectivity index (χ0) is 13.0. The molecule has 0 aromatic heterocycles. The van der Waals surface area contributed by atoms with Crippen LogP contribution >= 0.6 is 12.2 Å². The van der Waals surface area contributed by atoms with Crippen LogP contribution in [0.4, 0.5) is 0 Å². The summed E-state index contributed by atoms with van der Waals surface area (Å²) in [5.41, 5.74) is 5.63. The lowest BCUT2D eigenvalue weighted by molar-refractivity contribution is -0.124. The number of amides is 1. The van der Waals surface area contributed by atoms with Crippen LogP contribution < -0.4 is 11.1 Å². The van der Waals surface area contributed by atoms with Crippen molar-refractivity contribution in [1.29, 1.82) is 0 Å². The third-order valence-electron chi connectivity index (χ3n) is 4.03. The molecule has 1 rings (SSSR count). The molecule has 3 N–H and O–H groups in total. The van der Waals surface area contributed by atoms with E-state index in [0.717, 1.165) is 19.3 Å². The van der Waals surface area contributed by atoms with Gasteiger partial charge in [0.2, 0.25) is 5.91 Å². The van der Waals surface area contributed by atoms with Crippen molar-refractivity contribution in [2.75, 3.05) is 0 Å². The summed E-state index contributed by atoms with van der Waals surface area (Å²) in [6, 6.07) is 0.297. The van der Waals surface area contributed by atoms with Crippen molar-refractivity contribution in [1.82, 2.24) is 5.32 Å². The van der Waals surface area contributed by atoms with Crippen molar-refractivity contribution in [2.24, 2.45) is 23.5 Å². The van der Waals surface area contributed by atoms with Gasteiger partial charge in [0.15, 0.2) is 0 Å². The Bertz CT molecular complexity index is 293. The molecule has 0 bridgehead atoms. The average Bonchev–Trinajstić information content (AvgIpc) is 2.57. The van der Waals surface area contributed by atoms with Crippen LogP contribution in [0.25, 0.3) is 0 Å². The van der Waals surface area contributed by atoms with Crippen LogP contribution in [0.2, 0.25) is 0 Å². The zero-order valence-corrected chi connectivity index (χ0v) is 11.8. The molecule has 0 radical (unpaired) electrons. The monoisotopic (exact) mass is 256 g/mol. The van der Waals surface area contributed by atoms with Crippen LogP contribution in [0.5, 0.6) is 0 Å². The molecular weight excluding hydrogens is 232 g/mol. The highest BCUT2D eigenvalue weighted by Gasteiger charge is 2.32. The molecule has 0 spiro atoms. The molecule has 4 atom stereocenters. The Kier molecular flexibility index (Phi) is 5.37. The van der Waals surface area contributed by atoms with Gasteiger partial charge in [0, 0.05) is 6.04 Å². The second-order valence-electron chi connectivity index (χ2n) is 5.27. The summed E-state index contributed by atoms with van der Waals surface area (Å²) in [7, 11) is 0. The zero-order valence-electron chi connectivity index (χ0n) is 11.0. The average molecular weight is 256 g/mol. The van der Waals surface area contributed by atoms with Gasteiger partial charge in [0.25, 0.3) is 0 Å². The van der Waals surface area contributed by atoms with E-state index >= 15 is 0 Å². The lowest BCUT2D eigenvalue weighted by atomic mass is 9.96. The van der Waals surface area contributed by atoms with Gasteiger partial charge in [0.1, 0.15) is 0 Å². The molecular formula is C13H24N2OS. The third-order valence-corrected chi connectivity index (χ3v) is 4.31. The molecule has 1 aliphatic rings. The first-order valence-electron chi connectivity index (χ1n) is 6.57. The Balaban J connectivity index is 2.55. The number of hydrogen-bond acceptors (Lipinski definition) is 2. The molecule has 1 saturated carbocycles. The van der Waals surface area contributed by atoms with Gasteiger partial charge >= 0.3 is 0 Å². The number of thiocarbonyl (C=S) groups is 1. The third kappa shape index (κ3) is 3.66. The van der Waals surface area contributed by atoms with E-state index in [-0.39, 0.29) is 11.8 Å². The maximum Gasteiger partial charge on any atom is 0.230 e. The Morgan fingerprint density at radius 3 is 2.53 bits per heavy atom. The molecule has 0 aromatic carbocycles. The van der Waals surface area contributed by atoms with Crippen molar-refractivity contribution in [3.05, 3.63) is 0 Å². The van der Waals surface area contributed by atoms with E-state index in [2.05, 4.69) is 19.2 Å². The van der Waals surface area contributed by atoms with Gasteiger partial charge < -0.3 is 11.1 Å². The van der Waals surface area contributed by atoms with Crippen molar-refractivity contribution in [2.45, 2.75) is 52.5 Å². The summed E-state index contributed by atoms with van der Waals surface area (Å²) in [5, 5.41) is 3.12. The first kappa shape index (κ1) is 14.4. The Morgan fingerprint density at radius 2 is 2.12 bits per heavy atom. The minimum Gasteiger partial charge on any atom is -0.393 e. The number of rotatable bonds is 5. The lowest BCUT2D eigenvalue weighted by Gasteiger charge is -2.22. The number of carbonyl (C=O) groups excluding carboxylic acids is 1. The van der Waals surface area contributed by atoms with Crippen LogP contribution in [-0.4, -0.2) is 16.9 Å². The van der Waals surface area contributed by atoms with Crippen LogP contribution in [0.1, 0.15) is 46.5 Å². The van der Waals surface area contributed by atoms with E-state index in [1.54, 1.807) is 0 Å². The molecule has 98 valence electrons. The van der Waals surface area contributed by atoms with Gasteiger partial charge in [-0.25, -0.2) is 0 Å². The van der Waals surface area contributed by atoms with Crippen LogP contribution in [0.15, 0.2) is 0 Å². The summed E-state index contributed by atoms with van der Waals surface area (Å²) in [6.07, 6.45) is 3.94. The fourth-order valence-electron chi connectivity index (χ4n) is 2.54. The predicted octanol–water partition coefficient (Wildman–Crippen LogP) is 2.24. The van der Waals surface area contributed by atoms with E-state index in [9.17, 15) is 4.79 Å². The lowest BCUT2D eigenvalue weighted by Crippen LogP contribution is -2.44. The highest BCUT2D eigenvalue weighted by Crippen LogP contribution is 2.31. The normalized spacial score (nSPS) is 29.9. The minimum atomic E-state index is -0.293. The fraction of sp³-hybridized carbons (Fsp3) is 0.846. The molecule has 17 heavy (non-hydrogen) atoms. The molecule has 0 aliphatic heterocycles. The number of nitrogens with one attached hydrogen (secondary N) is 1. The summed E-state index contributed by atoms with van der Waals surface area (Å²) in [5.74, 6) is 0.964. The first-order chi connectivity index (χ1) is 7.97. The van der Waals surface area contributed by atoms with E-state index in [0.29, 0.717) is 22.9 Å². The molecule has 4 unspecified atom stereocenters. The molecule has 4 heteroatoms. The summed E-state index contributed by atoms with van der Waals surface area (Å²) < 4.78 is 0. The van der Waals surface area contributed by atoms with E-state index < -0.39 is 0 Å². The molecule has 0 aromatic rings. The van der Waals surface area contributed by atoms with Gasteiger partial charge in [-0.15, -0.1) is 0 Å². The van der Waals surface area contributed by atoms with Crippen LogP contribution in [0, 0.1) is 17.8 Å². The number of carbonyl (C=O) groups is 1. The largest absolute Gasteiger partial charge is 0.393 e. The summed E-state index contributed by atoms with van der Waals surface area (Å²) in [4.78, 5) is 12.4. The van der Waals surface area contributed by atoms with Crippen molar-refractivity contribution in [3.63, 3.8) is 0 Å². The van der Waals surface area contributed by atoms with Crippen molar-refractivity contribution >= 4 is 23.1 Å². The fourth-order valence-corrected chi connectivity index (χ4v) is 2.77. The Hall–Kier alpha value is -0.640. The highest BCUT2D eigenvalue weighted by molar-refractivity contribution is 7.80. The SMILES string of the molecule is CCCC(C(=O)NC1CCC(C)C1C)C(N)=S. The maximum absolute atomic E-state index is 12.1. The van der Waals surface area contributed by atoms with Gasteiger partial charge in [-0.2, -0.15) is 0 Å². The van der Waals surface area contributed by atoms with Gasteiger partial charge in [0.05, 0.1) is 10.9 Å². The van der Waals surface area contributed by atoms with E-state index in [1.165, 1.54) is 6.42 Å². The molecule has 1 amide bonds. The topological polar surface area (TPSA) is 55.1 Å². The minimum absolute atomic E-state index is 0.0188. The van der Waals surface area contributed by atoms with E-state index in [4.69, 9.17) is 18.0 Å². The smallest absolute Gasteiger partial charge is 0.230 e. The van der Waals surface area contributed by atoms with Gasteiger partial charge in [-0.1, -0.05) is 39.4 Å². The summed E-state index contributed by atoms with van der Waals surface area (Å²) >= 11 is 4.97. The molecule has 3 nitrogen and oxygen atoms in total. The Morgan fingerprint density at radius 1 is 1.47 bits per heavy atom. The second kappa shape index (κ2) is 6.34. The standard InChI is InChI=1S/C13H24N2OS/c1-4-5-10(12(14)17)13(16)15-11-7-6-8(2)9(11)3/h8-11H,4-7H2,1-3H3,(H2,14,17)(H,15,16). The molecule has 0 saturated heterocycles. The van der Waals surface area contributed by atoms with Crippen molar-refractivity contribution in [3.8, 4) is 0 Å². The van der Waals surface area contributed by atoms with E-state index in [1.807, 2.05) is 6.92 Å². The van der Waals surface area contributed by atoms with Crippen LogP contribution in [-0.2, 0) is 4.79 Å². The predicted molar refractivity (Wildman–Crippen MR) is 74.7 cm³/mol. The molecule has 1 fully saturated rings. The highest BCUT2D eigenvalue weighted by atomic mass is 32.1. The second-order valence-corrected chi connectivity index (χ2v) is 5.74.